The first kappa shape index (κ1) is 9.46. The van der Waals surface area contributed by atoms with Crippen LogP contribution in [0, 0.1) is 6.92 Å². The Bertz CT molecular complexity index is 295. The van der Waals surface area contributed by atoms with Crippen LogP contribution in [-0.2, 0) is 0 Å². The minimum absolute atomic E-state index is 0.289. The Kier molecular flexibility index (Phi) is 2.99. The highest BCUT2D eigenvalue weighted by Crippen LogP contribution is 2.16. The largest absolute Gasteiger partial charge is 0.473 e. The van der Waals surface area contributed by atoms with Crippen molar-refractivity contribution in [1.82, 2.24) is 10.3 Å². The molecule has 0 saturated carbocycles. The summed E-state index contributed by atoms with van der Waals surface area (Å²) >= 11 is 0. The maximum atomic E-state index is 5.81. The van der Waals surface area contributed by atoms with E-state index in [4.69, 9.17) is 4.74 Å². The Morgan fingerprint density at radius 2 is 2.50 bits per heavy atom. The molecule has 3 heteroatoms. The lowest BCUT2D eigenvalue weighted by atomic mass is 10.1. The second kappa shape index (κ2) is 4.42. The van der Waals surface area contributed by atoms with Gasteiger partial charge in [-0.15, -0.1) is 0 Å². The summed E-state index contributed by atoms with van der Waals surface area (Å²) in [5, 5.41) is 3.32. The number of hydrogen-bond acceptors (Lipinski definition) is 3. The van der Waals surface area contributed by atoms with Gasteiger partial charge in [-0.05, 0) is 32.4 Å². The summed E-state index contributed by atoms with van der Waals surface area (Å²) in [5.41, 5.74) is 1.11. The SMILES string of the molecule is Cc1cccnc1O[C@@H]1CCCNC1. The van der Waals surface area contributed by atoms with Crippen molar-refractivity contribution < 1.29 is 4.74 Å². The van der Waals surface area contributed by atoms with Gasteiger partial charge < -0.3 is 10.1 Å². The first-order valence-electron chi connectivity index (χ1n) is 5.15. The molecule has 1 aromatic heterocycles. The molecule has 2 heterocycles. The molecule has 14 heavy (non-hydrogen) atoms. The lowest BCUT2D eigenvalue weighted by Crippen LogP contribution is -2.37. The van der Waals surface area contributed by atoms with Gasteiger partial charge in [-0.25, -0.2) is 4.98 Å². The fraction of sp³-hybridized carbons (Fsp3) is 0.545. The molecular formula is C11H16N2O. The second-order valence-corrected chi connectivity index (χ2v) is 3.71. The van der Waals surface area contributed by atoms with E-state index in [9.17, 15) is 0 Å². The van der Waals surface area contributed by atoms with E-state index in [1.165, 1.54) is 6.42 Å². The normalized spacial score (nSPS) is 21.9. The zero-order chi connectivity index (χ0) is 9.80. The van der Waals surface area contributed by atoms with Gasteiger partial charge in [0.25, 0.3) is 0 Å². The number of piperidine rings is 1. The van der Waals surface area contributed by atoms with Gasteiger partial charge in [0, 0.05) is 18.3 Å². The first-order valence-corrected chi connectivity index (χ1v) is 5.15. The number of aryl methyl sites for hydroxylation is 1. The number of hydrogen-bond donors (Lipinski definition) is 1. The Hall–Kier alpha value is -1.09. The highest BCUT2D eigenvalue weighted by molar-refractivity contribution is 5.23. The molecule has 1 atom stereocenters. The van der Waals surface area contributed by atoms with Crippen molar-refractivity contribution in [3.05, 3.63) is 23.9 Å². The highest BCUT2D eigenvalue weighted by Gasteiger charge is 2.15. The molecule has 76 valence electrons. The van der Waals surface area contributed by atoms with Crippen molar-refractivity contribution in [2.75, 3.05) is 13.1 Å². The molecule has 1 fully saturated rings. The number of rotatable bonds is 2. The minimum atomic E-state index is 0.289. The van der Waals surface area contributed by atoms with Crippen LogP contribution in [0.3, 0.4) is 0 Å². The average molecular weight is 192 g/mol. The summed E-state index contributed by atoms with van der Waals surface area (Å²) in [5.74, 6) is 0.779. The summed E-state index contributed by atoms with van der Waals surface area (Å²) in [6.45, 7) is 4.08. The first-order chi connectivity index (χ1) is 6.86. The van der Waals surface area contributed by atoms with Crippen molar-refractivity contribution in [3.8, 4) is 5.88 Å². The zero-order valence-corrected chi connectivity index (χ0v) is 8.49. The maximum Gasteiger partial charge on any atom is 0.216 e. The van der Waals surface area contributed by atoms with E-state index in [1.54, 1.807) is 6.20 Å². The number of aromatic nitrogens is 1. The van der Waals surface area contributed by atoms with Crippen molar-refractivity contribution in [1.29, 1.82) is 0 Å². The summed E-state index contributed by atoms with van der Waals surface area (Å²) in [4.78, 5) is 4.22. The Labute approximate surface area is 84.5 Å². The number of pyridine rings is 1. The smallest absolute Gasteiger partial charge is 0.216 e. The van der Waals surface area contributed by atoms with Crippen molar-refractivity contribution >= 4 is 0 Å². The monoisotopic (exact) mass is 192 g/mol. The molecular weight excluding hydrogens is 176 g/mol. The molecule has 1 N–H and O–H groups in total. The standard InChI is InChI=1S/C11H16N2O/c1-9-4-2-7-13-11(9)14-10-5-3-6-12-8-10/h2,4,7,10,12H,3,5-6,8H2,1H3/t10-/m1/s1. The minimum Gasteiger partial charge on any atom is -0.473 e. The van der Waals surface area contributed by atoms with E-state index < -0.39 is 0 Å². The molecule has 0 aliphatic carbocycles. The van der Waals surface area contributed by atoms with Gasteiger partial charge in [0.2, 0.25) is 5.88 Å². The molecule has 1 saturated heterocycles. The molecule has 0 bridgehead atoms. The van der Waals surface area contributed by atoms with Crippen LogP contribution in [-0.4, -0.2) is 24.2 Å². The second-order valence-electron chi connectivity index (χ2n) is 3.71. The van der Waals surface area contributed by atoms with Crippen molar-refractivity contribution in [3.63, 3.8) is 0 Å². The predicted octanol–water partition coefficient (Wildman–Crippen LogP) is 1.52. The van der Waals surface area contributed by atoms with E-state index >= 15 is 0 Å². The van der Waals surface area contributed by atoms with Gasteiger partial charge in [-0.3, -0.25) is 0 Å². The molecule has 3 nitrogen and oxygen atoms in total. The van der Waals surface area contributed by atoms with Crippen LogP contribution < -0.4 is 10.1 Å². The summed E-state index contributed by atoms with van der Waals surface area (Å²) < 4.78 is 5.81. The Morgan fingerprint density at radius 1 is 1.57 bits per heavy atom. The zero-order valence-electron chi connectivity index (χ0n) is 8.49. The third-order valence-electron chi connectivity index (χ3n) is 2.49. The van der Waals surface area contributed by atoms with Crippen LogP contribution in [0.5, 0.6) is 5.88 Å². The van der Waals surface area contributed by atoms with Gasteiger partial charge in [0.15, 0.2) is 0 Å². The van der Waals surface area contributed by atoms with Gasteiger partial charge >= 0.3 is 0 Å². The molecule has 1 aromatic rings. The maximum absolute atomic E-state index is 5.81. The molecule has 0 radical (unpaired) electrons. The topological polar surface area (TPSA) is 34.1 Å². The third-order valence-corrected chi connectivity index (χ3v) is 2.49. The van der Waals surface area contributed by atoms with Crippen LogP contribution in [0.25, 0.3) is 0 Å². The fourth-order valence-electron chi connectivity index (χ4n) is 1.67. The van der Waals surface area contributed by atoms with Gasteiger partial charge in [-0.1, -0.05) is 6.07 Å². The average Bonchev–Trinajstić information content (AvgIpc) is 2.23. The number of nitrogens with one attached hydrogen (secondary N) is 1. The number of nitrogens with zero attached hydrogens (tertiary/aromatic N) is 1. The summed E-state index contributed by atoms with van der Waals surface area (Å²) in [6.07, 6.45) is 4.38. The Morgan fingerprint density at radius 3 is 3.21 bits per heavy atom. The number of ether oxygens (including phenoxy) is 1. The van der Waals surface area contributed by atoms with E-state index in [-0.39, 0.29) is 6.10 Å². The van der Waals surface area contributed by atoms with Gasteiger partial charge in [-0.2, -0.15) is 0 Å². The summed E-state index contributed by atoms with van der Waals surface area (Å²) in [7, 11) is 0. The van der Waals surface area contributed by atoms with Crippen LogP contribution in [0.1, 0.15) is 18.4 Å². The van der Waals surface area contributed by atoms with Crippen molar-refractivity contribution in [2.45, 2.75) is 25.9 Å². The van der Waals surface area contributed by atoms with Crippen LogP contribution in [0.15, 0.2) is 18.3 Å². The van der Waals surface area contributed by atoms with Gasteiger partial charge in [0.1, 0.15) is 6.10 Å². The molecule has 0 aromatic carbocycles. The van der Waals surface area contributed by atoms with E-state index in [0.717, 1.165) is 31.0 Å². The third kappa shape index (κ3) is 2.23. The van der Waals surface area contributed by atoms with Crippen LogP contribution in [0.4, 0.5) is 0 Å². The summed E-state index contributed by atoms with van der Waals surface area (Å²) in [6, 6.07) is 3.96. The lowest BCUT2D eigenvalue weighted by molar-refractivity contribution is 0.159. The van der Waals surface area contributed by atoms with Crippen LogP contribution >= 0.6 is 0 Å². The fourth-order valence-corrected chi connectivity index (χ4v) is 1.67. The van der Waals surface area contributed by atoms with Crippen molar-refractivity contribution in [2.24, 2.45) is 0 Å². The van der Waals surface area contributed by atoms with Crippen LogP contribution in [0.2, 0.25) is 0 Å². The quantitative estimate of drug-likeness (QED) is 0.771. The molecule has 1 aliphatic heterocycles. The Balaban J connectivity index is 1.99. The molecule has 0 amide bonds. The van der Waals surface area contributed by atoms with E-state index in [0.29, 0.717) is 0 Å². The molecule has 1 aliphatic rings. The van der Waals surface area contributed by atoms with E-state index in [2.05, 4.69) is 10.3 Å². The molecule has 2 rings (SSSR count). The molecule has 0 unspecified atom stereocenters. The van der Waals surface area contributed by atoms with Gasteiger partial charge in [0.05, 0.1) is 0 Å². The van der Waals surface area contributed by atoms with E-state index in [1.807, 2.05) is 19.1 Å². The highest BCUT2D eigenvalue weighted by atomic mass is 16.5. The lowest BCUT2D eigenvalue weighted by Gasteiger charge is -2.23. The predicted molar refractivity (Wildman–Crippen MR) is 55.5 cm³/mol. The molecule has 0 spiro atoms.